The molecule has 0 amide bonds. The van der Waals surface area contributed by atoms with Gasteiger partial charge in [-0.05, 0) is 37.6 Å². The number of rotatable bonds is 6. The van der Waals surface area contributed by atoms with Crippen molar-refractivity contribution in [2.45, 2.75) is 18.7 Å². The molecule has 7 nitrogen and oxygen atoms in total. The van der Waals surface area contributed by atoms with Gasteiger partial charge in [-0.25, -0.2) is 13.2 Å². The number of carbonyl (C=O) groups excluding carboxylic acids is 1. The highest BCUT2D eigenvalue weighted by molar-refractivity contribution is 7.89. The summed E-state index contributed by atoms with van der Waals surface area (Å²) in [7, 11) is -2.21. The molecule has 0 atom stereocenters. The van der Waals surface area contributed by atoms with Gasteiger partial charge in [0.2, 0.25) is 10.0 Å². The molecule has 1 fully saturated rings. The normalized spacial score (nSPS) is 16.8. The van der Waals surface area contributed by atoms with Gasteiger partial charge < -0.3 is 14.4 Å². The van der Waals surface area contributed by atoms with Gasteiger partial charge in [0.05, 0.1) is 44.7 Å². The van der Waals surface area contributed by atoms with E-state index in [-0.39, 0.29) is 11.5 Å². The lowest BCUT2D eigenvalue weighted by molar-refractivity contribution is -0.901. The minimum Gasteiger partial charge on any atom is -0.482 e. The second-order valence-corrected chi connectivity index (χ2v) is 7.74. The Kier molecular flexibility index (Phi) is 6.20. The van der Waals surface area contributed by atoms with Crippen LogP contribution in [0.3, 0.4) is 0 Å². The van der Waals surface area contributed by atoms with Crippen LogP contribution < -0.4 is 9.64 Å². The molecule has 0 unspecified atom stereocenters. The highest BCUT2D eigenvalue weighted by atomic mass is 32.2. The van der Waals surface area contributed by atoms with Gasteiger partial charge >= 0.3 is 5.97 Å². The lowest BCUT2D eigenvalue weighted by atomic mass is 10.2. The van der Waals surface area contributed by atoms with Gasteiger partial charge in [0.15, 0.2) is 6.61 Å². The third kappa shape index (κ3) is 4.25. The fourth-order valence-corrected chi connectivity index (χ4v) is 4.21. The zero-order valence-corrected chi connectivity index (χ0v) is 15.2. The third-order valence-corrected chi connectivity index (χ3v) is 6.18. The van der Waals surface area contributed by atoms with Crippen molar-refractivity contribution in [2.75, 3.05) is 46.4 Å². The number of methoxy groups -OCH3 is 1. The van der Waals surface area contributed by atoms with E-state index in [1.54, 1.807) is 19.1 Å². The molecule has 1 aliphatic rings. The number of hydrogen-bond acceptors (Lipinski definition) is 5. The standard InChI is InChI=1S/C16H24N2O5S/c1-4-17-7-9-18(10-8-17)24(20,21)14-5-6-15(13(2)11-14)23-12-16(19)22-3/h5-6,11H,4,7-10,12H2,1-3H3/p+1. The van der Waals surface area contributed by atoms with E-state index in [4.69, 9.17) is 4.74 Å². The molecule has 1 aromatic carbocycles. The van der Waals surface area contributed by atoms with Crippen molar-refractivity contribution in [3.05, 3.63) is 23.8 Å². The van der Waals surface area contributed by atoms with E-state index in [0.717, 1.165) is 19.6 Å². The number of quaternary nitrogens is 1. The van der Waals surface area contributed by atoms with Crippen molar-refractivity contribution < 1.29 is 27.6 Å². The number of sulfonamides is 1. The first-order valence-electron chi connectivity index (χ1n) is 8.02. The van der Waals surface area contributed by atoms with Gasteiger partial charge in [-0.2, -0.15) is 4.31 Å². The Morgan fingerprint density at radius 2 is 1.96 bits per heavy atom. The Morgan fingerprint density at radius 3 is 2.50 bits per heavy atom. The van der Waals surface area contributed by atoms with Crippen molar-refractivity contribution in [1.29, 1.82) is 0 Å². The maximum Gasteiger partial charge on any atom is 0.343 e. The second kappa shape index (κ2) is 7.96. The van der Waals surface area contributed by atoms with Crippen molar-refractivity contribution in [1.82, 2.24) is 4.31 Å². The number of piperazine rings is 1. The highest BCUT2D eigenvalue weighted by Crippen LogP contribution is 2.24. The number of benzene rings is 1. The van der Waals surface area contributed by atoms with Crippen molar-refractivity contribution in [3.63, 3.8) is 0 Å². The minimum atomic E-state index is -3.50. The van der Waals surface area contributed by atoms with Crippen LogP contribution in [0, 0.1) is 6.92 Å². The van der Waals surface area contributed by atoms with Crippen LogP contribution in [0.5, 0.6) is 5.75 Å². The molecule has 0 spiro atoms. The van der Waals surface area contributed by atoms with Crippen LogP contribution in [0.4, 0.5) is 0 Å². The summed E-state index contributed by atoms with van der Waals surface area (Å²) in [6.45, 7) is 7.39. The summed E-state index contributed by atoms with van der Waals surface area (Å²) in [4.78, 5) is 12.8. The molecule has 8 heteroatoms. The Labute approximate surface area is 143 Å². The predicted molar refractivity (Wildman–Crippen MR) is 88.7 cm³/mol. The number of likely N-dealkylation sites (N-methyl/N-ethyl adjacent to an activating group) is 1. The smallest absolute Gasteiger partial charge is 0.343 e. The number of nitrogens with one attached hydrogen (secondary N) is 1. The molecule has 1 aromatic rings. The first-order chi connectivity index (χ1) is 11.4. The fourth-order valence-electron chi connectivity index (χ4n) is 2.69. The lowest BCUT2D eigenvalue weighted by Crippen LogP contribution is -3.14. The molecule has 0 radical (unpaired) electrons. The molecule has 0 aliphatic carbocycles. The maximum atomic E-state index is 12.8. The highest BCUT2D eigenvalue weighted by Gasteiger charge is 2.30. The Bertz CT molecular complexity index is 682. The predicted octanol–water partition coefficient (Wildman–Crippen LogP) is -0.544. The van der Waals surface area contributed by atoms with E-state index in [9.17, 15) is 13.2 Å². The van der Waals surface area contributed by atoms with Crippen LogP contribution in [0.25, 0.3) is 0 Å². The molecule has 1 aliphatic heterocycles. The molecular formula is C16H25N2O5S+. The van der Waals surface area contributed by atoms with E-state index >= 15 is 0 Å². The summed E-state index contributed by atoms with van der Waals surface area (Å²) in [5, 5.41) is 0. The summed E-state index contributed by atoms with van der Waals surface area (Å²) in [5.74, 6) is -0.0120. The number of nitrogens with zero attached hydrogens (tertiary/aromatic N) is 1. The van der Waals surface area contributed by atoms with Crippen molar-refractivity contribution in [3.8, 4) is 5.75 Å². The van der Waals surface area contributed by atoms with E-state index < -0.39 is 16.0 Å². The number of esters is 1. The third-order valence-electron chi connectivity index (χ3n) is 4.29. The molecule has 134 valence electrons. The van der Waals surface area contributed by atoms with Gasteiger partial charge in [0.25, 0.3) is 0 Å². The number of ether oxygens (including phenoxy) is 2. The van der Waals surface area contributed by atoms with Crippen LogP contribution in [0.15, 0.2) is 23.1 Å². The molecule has 24 heavy (non-hydrogen) atoms. The van der Waals surface area contributed by atoms with Crippen LogP contribution in [0.2, 0.25) is 0 Å². The van der Waals surface area contributed by atoms with E-state index in [1.165, 1.54) is 22.4 Å². The van der Waals surface area contributed by atoms with Crippen molar-refractivity contribution >= 4 is 16.0 Å². The monoisotopic (exact) mass is 357 g/mol. The van der Waals surface area contributed by atoms with Gasteiger partial charge in [-0.1, -0.05) is 0 Å². The number of hydrogen-bond donors (Lipinski definition) is 1. The molecule has 0 bridgehead atoms. The molecule has 1 saturated heterocycles. The molecule has 1 N–H and O–H groups in total. The number of aryl methyl sites for hydroxylation is 1. The van der Waals surface area contributed by atoms with Gasteiger partial charge in [0, 0.05) is 0 Å². The summed E-state index contributed by atoms with van der Waals surface area (Å²) < 4.78 is 36.9. The minimum absolute atomic E-state index is 0.203. The summed E-state index contributed by atoms with van der Waals surface area (Å²) in [6.07, 6.45) is 0. The topological polar surface area (TPSA) is 77.4 Å². The molecule has 0 saturated carbocycles. The molecule has 0 aromatic heterocycles. The molecule has 1 heterocycles. The zero-order chi connectivity index (χ0) is 17.7. The quantitative estimate of drug-likeness (QED) is 0.692. The average Bonchev–Trinajstić information content (AvgIpc) is 2.60. The maximum absolute atomic E-state index is 12.8. The zero-order valence-electron chi connectivity index (χ0n) is 14.4. The largest absolute Gasteiger partial charge is 0.482 e. The first-order valence-corrected chi connectivity index (χ1v) is 9.46. The van der Waals surface area contributed by atoms with E-state index in [1.807, 2.05) is 0 Å². The Balaban J connectivity index is 2.11. The van der Waals surface area contributed by atoms with E-state index in [2.05, 4.69) is 11.7 Å². The SMILES string of the molecule is CC[NH+]1CCN(S(=O)(=O)c2ccc(OCC(=O)OC)c(C)c2)CC1. The van der Waals surface area contributed by atoms with Crippen LogP contribution >= 0.6 is 0 Å². The summed E-state index contributed by atoms with van der Waals surface area (Å²) >= 11 is 0. The number of carbonyl (C=O) groups is 1. The van der Waals surface area contributed by atoms with Gasteiger partial charge in [0.1, 0.15) is 5.75 Å². The Hall–Kier alpha value is -1.64. The van der Waals surface area contributed by atoms with Gasteiger partial charge in [-0.3, -0.25) is 0 Å². The van der Waals surface area contributed by atoms with Crippen LogP contribution in [-0.2, 0) is 19.6 Å². The summed E-state index contributed by atoms with van der Waals surface area (Å²) in [5.41, 5.74) is 0.665. The second-order valence-electron chi connectivity index (χ2n) is 5.80. The first kappa shape index (κ1) is 18.7. The molecular weight excluding hydrogens is 332 g/mol. The summed E-state index contributed by atoms with van der Waals surface area (Å²) in [6, 6.07) is 4.69. The fraction of sp³-hybridized carbons (Fsp3) is 0.562. The van der Waals surface area contributed by atoms with E-state index in [0.29, 0.717) is 24.4 Å². The van der Waals surface area contributed by atoms with Crippen LogP contribution in [0.1, 0.15) is 12.5 Å². The van der Waals surface area contributed by atoms with Crippen molar-refractivity contribution in [2.24, 2.45) is 0 Å². The van der Waals surface area contributed by atoms with Crippen LogP contribution in [-0.4, -0.2) is 65.1 Å². The average molecular weight is 357 g/mol. The lowest BCUT2D eigenvalue weighted by Gasteiger charge is -2.31. The Morgan fingerprint density at radius 1 is 1.29 bits per heavy atom. The van der Waals surface area contributed by atoms with Gasteiger partial charge in [-0.15, -0.1) is 0 Å². The molecule has 2 rings (SSSR count).